The standard InChI is InChI=1S/C16H20ClNO4/c1-22-12-3-2-10(8-11(12)17)15(21)18-6-4-16(5-7-18)13(19)9-14(16)20/h2-3,8,13-14,19-20H,4-7,9H2,1H3. The first kappa shape index (κ1) is 15.6. The quantitative estimate of drug-likeness (QED) is 0.868. The number of carbonyl (C=O) groups is 1. The highest BCUT2D eigenvalue weighted by molar-refractivity contribution is 6.32. The second-order valence-electron chi connectivity index (χ2n) is 6.14. The van der Waals surface area contributed by atoms with Gasteiger partial charge in [0.25, 0.3) is 5.91 Å². The molecule has 2 aliphatic rings. The lowest BCUT2D eigenvalue weighted by atomic mass is 9.58. The van der Waals surface area contributed by atoms with Crippen molar-refractivity contribution in [2.45, 2.75) is 31.5 Å². The summed E-state index contributed by atoms with van der Waals surface area (Å²) in [5, 5.41) is 20.3. The van der Waals surface area contributed by atoms with Crippen LogP contribution in [0.3, 0.4) is 0 Å². The minimum absolute atomic E-state index is 0.0808. The number of halogens is 1. The summed E-state index contributed by atoms with van der Waals surface area (Å²) in [6, 6.07) is 4.99. The van der Waals surface area contributed by atoms with Crippen LogP contribution in [-0.4, -0.2) is 53.4 Å². The molecule has 1 aromatic rings. The fraction of sp³-hybridized carbons (Fsp3) is 0.562. The second-order valence-corrected chi connectivity index (χ2v) is 6.55. The molecule has 2 N–H and O–H groups in total. The van der Waals surface area contributed by atoms with E-state index < -0.39 is 17.6 Å². The molecule has 1 aromatic carbocycles. The lowest BCUT2D eigenvalue weighted by Crippen LogP contribution is -2.61. The molecule has 5 nitrogen and oxygen atoms in total. The smallest absolute Gasteiger partial charge is 0.253 e. The Bertz CT molecular complexity index is 574. The Kier molecular flexibility index (Phi) is 4.05. The van der Waals surface area contributed by atoms with Crippen molar-refractivity contribution in [1.29, 1.82) is 0 Å². The number of piperidine rings is 1. The van der Waals surface area contributed by atoms with Crippen LogP contribution in [0.5, 0.6) is 5.75 Å². The summed E-state index contributed by atoms with van der Waals surface area (Å²) >= 11 is 6.07. The van der Waals surface area contributed by atoms with Gasteiger partial charge in [-0.2, -0.15) is 0 Å². The lowest BCUT2D eigenvalue weighted by molar-refractivity contribution is -0.187. The normalized spacial score (nSPS) is 26.6. The molecule has 3 rings (SSSR count). The van der Waals surface area contributed by atoms with Crippen molar-refractivity contribution in [2.75, 3.05) is 20.2 Å². The summed E-state index contributed by atoms with van der Waals surface area (Å²) in [6.45, 7) is 1.08. The first-order valence-electron chi connectivity index (χ1n) is 7.47. The van der Waals surface area contributed by atoms with Crippen molar-refractivity contribution in [1.82, 2.24) is 4.90 Å². The highest BCUT2D eigenvalue weighted by Gasteiger charge is 2.55. The van der Waals surface area contributed by atoms with Gasteiger partial charge in [-0.15, -0.1) is 0 Å². The third-order valence-corrected chi connectivity index (χ3v) is 5.45. The zero-order valence-corrected chi connectivity index (χ0v) is 13.2. The minimum Gasteiger partial charge on any atom is -0.495 e. The maximum Gasteiger partial charge on any atom is 0.253 e. The van der Waals surface area contributed by atoms with Crippen LogP contribution in [-0.2, 0) is 0 Å². The Morgan fingerprint density at radius 3 is 2.45 bits per heavy atom. The first-order valence-corrected chi connectivity index (χ1v) is 7.84. The predicted octanol–water partition coefficient (Wildman–Crippen LogP) is 1.70. The van der Waals surface area contributed by atoms with Crippen LogP contribution in [0, 0.1) is 5.41 Å². The maximum atomic E-state index is 12.5. The van der Waals surface area contributed by atoms with Gasteiger partial charge in [0.1, 0.15) is 5.75 Å². The molecule has 1 saturated carbocycles. The molecule has 0 radical (unpaired) electrons. The van der Waals surface area contributed by atoms with E-state index >= 15 is 0 Å². The monoisotopic (exact) mass is 325 g/mol. The summed E-state index contributed by atoms with van der Waals surface area (Å²) in [7, 11) is 1.53. The summed E-state index contributed by atoms with van der Waals surface area (Å²) in [6.07, 6.45) is 0.808. The molecular formula is C16H20ClNO4. The molecule has 1 spiro atoms. The molecule has 0 bridgehead atoms. The average Bonchev–Trinajstić information content (AvgIpc) is 2.54. The molecule has 6 heteroatoms. The maximum absolute atomic E-state index is 12.5. The lowest BCUT2D eigenvalue weighted by Gasteiger charge is -2.55. The molecule has 1 aliphatic carbocycles. The van der Waals surface area contributed by atoms with Gasteiger partial charge in [-0.1, -0.05) is 11.6 Å². The summed E-state index contributed by atoms with van der Waals surface area (Å²) in [4.78, 5) is 14.3. The fourth-order valence-electron chi connectivity index (χ4n) is 3.52. The van der Waals surface area contributed by atoms with E-state index in [2.05, 4.69) is 0 Å². The number of likely N-dealkylation sites (tertiary alicyclic amines) is 1. The number of hydrogen-bond acceptors (Lipinski definition) is 4. The molecule has 0 aromatic heterocycles. The molecule has 1 heterocycles. The molecule has 2 fully saturated rings. The van der Waals surface area contributed by atoms with Gasteiger partial charge in [0.2, 0.25) is 0 Å². The van der Waals surface area contributed by atoms with E-state index in [1.807, 2.05) is 0 Å². The Labute approximate surface area is 134 Å². The Morgan fingerprint density at radius 1 is 1.32 bits per heavy atom. The van der Waals surface area contributed by atoms with Crippen LogP contribution in [0.4, 0.5) is 0 Å². The van der Waals surface area contributed by atoms with Gasteiger partial charge in [0.15, 0.2) is 0 Å². The number of nitrogens with zero attached hydrogens (tertiary/aromatic N) is 1. The van der Waals surface area contributed by atoms with Crippen molar-refractivity contribution < 1.29 is 19.7 Å². The van der Waals surface area contributed by atoms with E-state index in [0.717, 1.165) is 0 Å². The van der Waals surface area contributed by atoms with E-state index in [0.29, 0.717) is 48.7 Å². The summed E-state index contributed by atoms with van der Waals surface area (Å²) in [5.74, 6) is 0.458. The molecular weight excluding hydrogens is 306 g/mol. The van der Waals surface area contributed by atoms with Gasteiger partial charge in [-0.3, -0.25) is 4.79 Å². The van der Waals surface area contributed by atoms with E-state index in [-0.39, 0.29) is 5.91 Å². The van der Waals surface area contributed by atoms with Crippen molar-refractivity contribution in [2.24, 2.45) is 5.41 Å². The van der Waals surface area contributed by atoms with Gasteiger partial charge in [0, 0.05) is 30.5 Å². The Morgan fingerprint density at radius 2 is 1.95 bits per heavy atom. The largest absolute Gasteiger partial charge is 0.495 e. The van der Waals surface area contributed by atoms with Crippen LogP contribution < -0.4 is 4.74 Å². The van der Waals surface area contributed by atoms with E-state index in [9.17, 15) is 15.0 Å². The Hall–Kier alpha value is -1.30. The van der Waals surface area contributed by atoms with Crippen LogP contribution in [0.15, 0.2) is 18.2 Å². The summed E-state index contributed by atoms with van der Waals surface area (Å²) < 4.78 is 5.09. The van der Waals surface area contributed by atoms with Crippen LogP contribution in [0.1, 0.15) is 29.6 Å². The topological polar surface area (TPSA) is 70.0 Å². The number of amides is 1. The number of aliphatic hydroxyl groups is 2. The molecule has 1 saturated heterocycles. The number of methoxy groups -OCH3 is 1. The SMILES string of the molecule is COc1ccc(C(=O)N2CCC3(CC2)C(O)CC3O)cc1Cl. The predicted molar refractivity (Wildman–Crippen MR) is 82.2 cm³/mol. The second kappa shape index (κ2) is 5.72. The third kappa shape index (κ3) is 2.37. The minimum atomic E-state index is -0.449. The highest BCUT2D eigenvalue weighted by Crippen LogP contribution is 2.49. The van der Waals surface area contributed by atoms with Crippen LogP contribution in [0.2, 0.25) is 5.02 Å². The summed E-state index contributed by atoms with van der Waals surface area (Å²) in [5.41, 5.74) is 0.116. The van der Waals surface area contributed by atoms with E-state index in [1.54, 1.807) is 23.1 Å². The molecule has 1 amide bonds. The van der Waals surface area contributed by atoms with Crippen LogP contribution >= 0.6 is 11.6 Å². The van der Waals surface area contributed by atoms with Crippen molar-refractivity contribution >= 4 is 17.5 Å². The third-order valence-electron chi connectivity index (χ3n) is 5.15. The number of hydrogen-bond donors (Lipinski definition) is 2. The zero-order chi connectivity index (χ0) is 15.9. The first-order chi connectivity index (χ1) is 10.5. The molecule has 1 aliphatic heterocycles. The van der Waals surface area contributed by atoms with E-state index in [1.165, 1.54) is 7.11 Å². The van der Waals surface area contributed by atoms with Gasteiger partial charge < -0.3 is 19.8 Å². The highest BCUT2D eigenvalue weighted by atomic mass is 35.5. The molecule has 2 atom stereocenters. The molecule has 2 unspecified atom stereocenters. The number of ether oxygens (including phenoxy) is 1. The number of benzene rings is 1. The van der Waals surface area contributed by atoms with Gasteiger partial charge >= 0.3 is 0 Å². The van der Waals surface area contributed by atoms with Crippen molar-refractivity contribution in [3.8, 4) is 5.75 Å². The number of rotatable bonds is 2. The van der Waals surface area contributed by atoms with Crippen molar-refractivity contribution in [3.63, 3.8) is 0 Å². The van der Waals surface area contributed by atoms with Crippen molar-refractivity contribution in [3.05, 3.63) is 28.8 Å². The van der Waals surface area contributed by atoms with E-state index in [4.69, 9.17) is 16.3 Å². The Balaban J connectivity index is 1.68. The fourth-order valence-corrected chi connectivity index (χ4v) is 3.77. The molecule has 120 valence electrons. The molecule has 22 heavy (non-hydrogen) atoms. The number of carbonyl (C=O) groups excluding carboxylic acids is 1. The zero-order valence-electron chi connectivity index (χ0n) is 12.5. The van der Waals surface area contributed by atoms with Crippen LogP contribution in [0.25, 0.3) is 0 Å². The van der Waals surface area contributed by atoms with Gasteiger partial charge in [-0.05, 0) is 31.0 Å². The van der Waals surface area contributed by atoms with Gasteiger partial charge in [0.05, 0.1) is 24.3 Å². The van der Waals surface area contributed by atoms with Gasteiger partial charge in [-0.25, -0.2) is 0 Å². The number of aliphatic hydroxyl groups excluding tert-OH is 2. The average molecular weight is 326 g/mol.